The van der Waals surface area contributed by atoms with Gasteiger partial charge in [-0.3, -0.25) is 47.9 Å². The molecule has 458 valence electrons. The topological polar surface area (TPSA) is 303 Å². The molecule has 3 rings (SSSR count). The Labute approximate surface area is 481 Å². The van der Waals surface area contributed by atoms with Crippen molar-refractivity contribution in [2.75, 3.05) is 33.7 Å². The van der Waals surface area contributed by atoms with Crippen LogP contribution in [-0.4, -0.2) is 165 Å². The number of aromatic nitrogens is 1. The number of rotatable bonds is 34. The van der Waals surface area contributed by atoms with E-state index in [-0.39, 0.29) is 73.5 Å². The van der Waals surface area contributed by atoms with Gasteiger partial charge in [0, 0.05) is 33.0 Å². The van der Waals surface area contributed by atoms with Crippen molar-refractivity contribution < 1.29 is 52.4 Å². The monoisotopic (exact) mass is 1140 g/mol. The number of carbonyl (C=O) groups is 10. The number of nitrogens with zero attached hydrogens (tertiary/aromatic N) is 4. The van der Waals surface area contributed by atoms with Gasteiger partial charge in [-0.25, -0.2) is 4.98 Å². The van der Waals surface area contributed by atoms with E-state index in [0.29, 0.717) is 38.1 Å². The van der Waals surface area contributed by atoms with Crippen molar-refractivity contribution in [2.24, 2.45) is 17.8 Å². The number of unbranched alkanes of at least 4 members (excludes halogenated alkanes) is 3. The van der Waals surface area contributed by atoms with Crippen LogP contribution in [0.1, 0.15) is 196 Å². The van der Waals surface area contributed by atoms with Crippen LogP contribution in [0.3, 0.4) is 0 Å². The summed E-state index contributed by atoms with van der Waals surface area (Å²) in [5.41, 5.74) is -4.87. The number of aryl methyl sites for hydroxylation is 1. The van der Waals surface area contributed by atoms with Crippen LogP contribution in [0.5, 0.6) is 0 Å². The molecule has 0 unspecified atom stereocenters. The van der Waals surface area contributed by atoms with Crippen LogP contribution >= 0.6 is 0 Å². The highest BCUT2D eigenvalue weighted by Crippen LogP contribution is 2.32. The number of nitrogens with one attached hydrogen (secondary N) is 8. The van der Waals surface area contributed by atoms with E-state index in [1.807, 2.05) is 60.5 Å². The van der Waals surface area contributed by atoms with Crippen LogP contribution in [0.25, 0.3) is 0 Å². The summed E-state index contributed by atoms with van der Waals surface area (Å²) in [6.45, 7) is 24.8. The van der Waals surface area contributed by atoms with Crippen molar-refractivity contribution in [3.8, 4) is 0 Å². The quantitative estimate of drug-likeness (QED) is 0.0361. The second-order valence-electron chi connectivity index (χ2n) is 25.6. The average Bonchev–Trinajstić information content (AvgIpc) is 4.03. The van der Waals surface area contributed by atoms with Crippen LogP contribution in [0.4, 0.5) is 0 Å². The first kappa shape index (κ1) is 69.1. The Bertz CT molecular complexity index is 2320. The zero-order valence-electron chi connectivity index (χ0n) is 51.6. The van der Waals surface area contributed by atoms with Crippen molar-refractivity contribution in [1.82, 2.24) is 62.2 Å². The lowest BCUT2D eigenvalue weighted by molar-refractivity contribution is -0.140. The van der Waals surface area contributed by atoms with Crippen LogP contribution in [0.2, 0.25) is 0 Å². The second-order valence-corrected chi connectivity index (χ2v) is 25.6. The molecule has 10 amide bonds. The number of likely N-dealkylation sites (tertiary alicyclic amines) is 1. The summed E-state index contributed by atoms with van der Waals surface area (Å²) in [6.07, 6.45) is 8.91. The van der Waals surface area contributed by atoms with E-state index in [0.717, 1.165) is 45.1 Å². The van der Waals surface area contributed by atoms with Gasteiger partial charge in [-0.15, -0.1) is 0 Å². The fourth-order valence-corrected chi connectivity index (χ4v) is 10.2. The maximum Gasteiger partial charge on any atom is 0.277 e. The van der Waals surface area contributed by atoms with Crippen molar-refractivity contribution in [2.45, 2.75) is 239 Å². The van der Waals surface area contributed by atoms with E-state index in [1.165, 1.54) is 57.6 Å². The van der Waals surface area contributed by atoms with Crippen LogP contribution in [0.15, 0.2) is 10.7 Å². The van der Waals surface area contributed by atoms with E-state index < -0.39 is 94.2 Å². The predicted octanol–water partition coefficient (Wildman–Crippen LogP) is 3.73. The third kappa shape index (κ3) is 21.3. The molecule has 23 heteroatoms. The maximum absolute atomic E-state index is 14.5. The number of amides is 10. The summed E-state index contributed by atoms with van der Waals surface area (Å²) in [7, 11) is 3.91. The first-order valence-corrected chi connectivity index (χ1v) is 29.3. The first-order chi connectivity index (χ1) is 37.7. The summed E-state index contributed by atoms with van der Waals surface area (Å²) >= 11 is 0. The molecule has 1 saturated carbocycles. The van der Waals surface area contributed by atoms with Gasteiger partial charge in [0.15, 0.2) is 11.6 Å². The van der Waals surface area contributed by atoms with Gasteiger partial charge in [-0.05, 0) is 131 Å². The Morgan fingerprint density at radius 1 is 0.716 bits per heavy atom. The molecule has 0 aromatic carbocycles. The Kier molecular flexibility index (Phi) is 26.3. The number of hydrogen-bond donors (Lipinski definition) is 8. The van der Waals surface area contributed by atoms with Gasteiger partial charge >= 0.3 is 0 Å². The molecule has 2 heterocycles. The van der Waals surface area contributed by atoms with Crippen LogP contribution < -0.4 is 42.5 Å². The van der Waals surface area contributed by atoms with E-state index in [2.05, 4.69) is 54.4 Å². The minimum atomic E-state index is -1.65. The van der Waals surface area contributed by atoms with Crippen molar-refractivity contribution >= 4 is 59.6 Å². The number of oxazole rings is 1. The number of likely N-dealkylation sites (N-methyl/N-ethyl adjacent to an activating group) is 1. The molecule has 1 aliphatic carbocycles. The Morgan fingerprint density at radius 2 is 1.25 bits per heavy atom. The fraction of sp³-hybridized carbons (Fsp3) is 0.776. The third-order valence-corrected chi connectivity index (χ3v) is 14.8. The molecule has 1 aromatic heterocycles. The SMILES string of the molecule is CCCCCC[C@@H](C(=O)N[C@@H](CC(C)C)C(=O)NC(C)(C)C(=O)N[C@@H](CC(C)C)C(=O)N[C@@H](CC(C)C)C(=O)NC(C)(C)C(=O)NC(C)(C)C(=O)NCCC(=O)NC1(CN(C)C)CCC1)N(C=O)[C@@H]1CCCN1C(=O)c1coc(C)n1. The van der Waals surface area contributed by atoms with Gasteiger partial charge in [0.2, 0.25) is 53.7 Å². The predicted molar refractivity (Wildman–Crippen MR) is 307 cm³/mol. The van der Waals surface area contributed by atoms with Gasteiger partial charge in [-0.1, -0.05) is 74.1 Å². The molecule has 0 radical (unpaired) electrons. The standard InChI is InChI=1S/C58H100N12O11/c1-17-18-19-20-23-44(70(35-71)46-24-21-29-69(46)51(77)43-33-81-39(8)60-43)50(76)62-42(32-38(6)7)49(75)65-56(11,12)53(79)63-40(30-36(2)3)47(73)61-41(31-37(4)5)48(74)66-57(13,14)54(80)67-55(9,10)52(78)59-28-25-45(72)64-58(26-22-27-58)34-68(15)16/h33,35-38,40-42,44,46H,17-32,34H2,1-16H3,(H,59,78)(H,61,73)(H,62,76)(H,63,79)(H,64,72)(H,65,75)(H,66,74)(H,67,80)/t40-,41-,42-,44-,46+/m0/s1. The highest BCUT2D eigenvalue weighted by Gasteiger charge is 2.44. The molecular formula is C58H100N12O11. The Balaban J connectivity index is 1.73. The minimum absolute atomic E-state index is 0.0458. The van der Waals surface area contributed by atoms with Crippen molar-refractivity contribution in [1.29, 1.82) is 0 Å². The lowest BCUT2D eigenvalue weighted by atomic mass is 9.76. The molecule has 1 aromatic rings. The van der Waals surface area contributed by atoms with Gasteiger partial charge in [0.05, 0.1) is 5.54 Å². The molecule has 1 saturated heterocycles. The highest BCUT2D eigenvalue weighted by molar-refractivity contribution is 6.00. The van der Waals surface area contributed by atoms with E-state index in [9.17, 15) is 47.9 Å². The Hall–Kier alpha value is -6.13. The molecule has 2 fully saturated rings. The van der Waals surface area contributed by atoms with E-state index in [1.54, 1.807) is 6.92 Å². The lowest BCUT2D eigenvalue weighted by Crippen LogP contribution is -2.65. The third-order valence-electron chi connectivity index (χ3n) is 14.8. The molecule has 8 N–H and O–H groups in total. The van der Waals surface area contributed by atoms with Crippen LogP contribution in [-0.2, 0) is 43.2 Å². The largest absolute Gasteiger partial charge is 0.448 e. The summed E-state index contributed by atoms with van der Waals surface area (Å²) < 4.78 is 5.29. The summed E-state index contributed by atoms with van der Waals surface area (Å²) in [5.74, 6) is -5.22. The molecule has 81 heavy (non-hydrogen) atoms. The van der Waals surface area contributed by atoms with Gasteiger partial charge in [-0.2, -0.15) is 0 Å². The summed E-state index contributed by atoms with van der Waals surface area (Å²) in [4.78, 5) is 147. The molecule has 0 bridgehead atoms. The van der Waals surface area contributed by atoms with Crippen LogP contribution in [0, 0.1) is 24.7 Å². The summed E-state index contributed by atoms with van der Waals surface area (Å²) in [5, 5.41) is 22.6. The van der Waals surface area contributed by atoms with Crippen molar-refractivity contribution in [3.63, 3.8) is 0 Å². The molecule has 1 aliphatic heterocycles. The molecule has 2 aliphatic rings. The van der Waals surface area contributed by atoms with Gasteiger partial charge < -0.3 is 61.7 Å². The average molecular weight is 1140 g/mol. The van der Waals surface area contributed by atoms with E-state index in [4.69, 9.17) is 4.42 Å². The highest BCUT2D eigenvalue weighted by atomic mass is 16.3. The summed E-state index contributed by atoms with van der Waals surface area (Å²) in [6, 6.07) is -4.54. The fourth-order valence-electron chi connectivity index (χ4n) is 10.2. The van der Waals surface area contributed by atoms with Crippen molar-refractivity contribution in [3.05, 3.63) is 17.8 Å². The molecule has 0 spiro atoms. The minimum Gasteiger partial charge on any atom is -0.448 e. The maximum atomic E-state index is 14.5. The first-order valence-electron chi connectivity index (χ1n) is 29.3. The normalized spacial score (nSPS) is 16.8. The number of hydrogen-bond acceptors (Lipinski definition) is 13. The lowest BCUT2D eigenvalue weighted by Gasteiger charge is -2.44. The van der Waals surface area contributed by atoms with Gasteiger partial charge in [0.1, 0.15) is 53.2 Å². The smallest absolute Gasteiger partial charge is 0.277 e. The Morgan fingerprint density at radius 3 is 1.73 bits per heavy atom. The molecular weight excluding hydrogens is 1040 g/mol. The molecule has 23 nitrogen and oxygen atoms in total. The zero-order chi connectivity index (χ0) is 61.2. The van der Waals surface area contributed by atoms with E-state index >= 15 is 0 Å². The zero-order valence-corrected chi connectivity index (χ0v) is 51.6. The molecule has 5 atom stereocenters. The second kappa shape index (κ2) is 30.8. The number of carbonyl (C=O) groups excluding carboxylic acids is 10. The van der Waals surface area contributed by atoms with Gasteiger partial charge in [0.25, 0.3) is 5.91 Å².